The van der Waals surface area contributed by atoms with Crippen LogP contribution in [0.5, 0.6) is 0 Å². The fraction of sp³-hybridized carbons (Fsp3) is 0. The molecule has 9 nitrogen and oxygen atoms in total. The first kappa shape index (κ1) is 7.91. The van der Waals surface area contributed by atoms with Crippen LogP contribution in [0.1, 0.15) is 0 Å². The number of nitrogens with two attached hydrogens (primary N) is 1. The van der Waals surface area contributed by atoms with E-state index in [0.717, 1.165) is 0 Å². The van der Waals surface area contributed by atoms with Gasteiger partial charge in [0.2, 0.25) is 5.69 Å². The number of anilines is 1. The number of nitro groups is 2. The summed E-state index contributed by atoms with van der Waals surface area (Å²) in [5.41, 5.74) is 4.46. The standard InChI is InChI=1S/C3H3N5O4/c4-1-2(7(9)10)5-6-3(1)8(11)12/h4H2,(H,5,6). The summed E-state index contributed by atoms with van der Waals surface area (Å²) in [6.45, 7) is 0. The van der Waals surface area contributed by atoms with Gasteiger partial charge in [-0.15, -0.1) is 0 Å². The molecular weight excluding hydrogens is 170 g/mol. The zero-order chi connectivity index (χ0) is 9.30. The van der Waals surface area contributed by atoms with Gasteiger partial charge >= 0.3 is 11.6 Å². The summed E-state index contributed by atoms with van der Waals surface area (Å²) in [5.74, 6) is -1.40. The number of aromatic amines is 1. The van der Waals surface area contributed by atoms with Gasteiger partial charge in [-0.3, -0.25) is 0 Å². The van der Waals surface area contributed by atoms with Crippen LogP contribution in [0.3, 0.4) is 0 Å². The van der Waals surface area contributed by atoms with Gasteiger partial charge in [-0.25, -0.2) is 0 Å². The Labute approximate surface area is 64.5 Å². The molecule has 1 heterocycles. The quantitative estimate of drug-likeness (QED) is 0.468. The molecule has 9 heteroatoms. The average molecular weight is 173 g/mol. The summed E-state index contributed by atoms with van der Waals surface area (Å²) in [6, 6.07) is 0. The third-order valence-corrected chi connectivity index (χ3v) is 1.12. The van der Waals surface area contributed by atoms with Crippen LogP contribution in [0.25, 0.3) is 0 Å². The Morgan fingerprint density at radius 1 is 1.33 bits per heavy atom. The van der Waals surface area contributed by atoms with Crippen LogP contribution in [0.4, 0.5) is 17.3 Å². The Hall–Kier alpha value is -2.19. The third kappa shape index (κ3) is 1.02. The Kier molecular flexibility index (Phi) is 1.62. The highest BCUT2D eigenvalue weighted by Gasteiger charge is 2.28. The van der Waals surface area contributed by atoms with E-state index < -0.39 is 27.2 Å². The highest BCUT2D eigenvalue weighted by molar-refractivity contribution is 5.64. The first-order valence-electron chi connectivity index (χ1n) is 2.66. The number of nitrogens with zero attached hydrogens (tertiary/aromatic N) is 3. The molecule has 0 aliphatic carbocycles. The molecule has 0 atom stereocenters. The Bertz CT molecular complexity index is 311. The number of rotatable bonds is 2. The second-order valence-corrected chi connectivity index (χ2v) is 1.82. The van der Waals surface area contributed by atoms with Gasteiger partial charge in [0, 0.05) is 0 Å². The Balaban J connectivity index is 3.22. The smallest absolute Gasteiger partial charge is 0.385 e. The van der Waals surface area contributed by atoms with Gasteiger partial charge in [0.25, 0.3) is 0 Å². The molecular formula is C3H3N5O4. The maximum absolute atomic E-state index is 10.1. The van der Waals surface area contributed by atoms with Crippen molar-refractivity contribution in [3.05, 3.63) is 20.2 Å². The highest BCUT2D eigenvalue weighted by Crippen LogP contribution is 2.26. The average Bonchev–Trinajstić information content (AvgIpc) is 2.30. The molecule has 0 aromatic carbocycles. The van der Waals surface area contributed by atoms with Gasteiger partial charge in [0.05, 0.1) is 0 Å². The zero-order valence-corrected chi connectivity index (χ0v) is 5.55. The van der Waals surface area contributed by atoms with Gasteiger partial charge in [-0.05, 0) is 14.9 Å². The third-order valence-electron chi connectivity index (χ3n) is 1.12. The largest absolute Gasteiger partial charge is 0.443 e. The summed E-state index contributed by atoms with van der Waals surface area (Å²) in [7, 11) is 0. The SMILES string of the molecule is Nc1c([N+](=O)[O-])n[nH]c1[N+](=O)[O-]. The molecule has 1 rings (SSSR count). The minimum atomic E-state index is -0.904. The number of aromatic nitrogens is 2. The van der Waals surface area contributed by atoms with Gasteiger partial charge < -0.3 is 26.0 Å². The number of hydrogen-bond acceptors (Lipinski definition) is 6. The molecule has 0 saturated carbocycles. The molecule has 0 fully saturated rings. The van der Waals surface area contributed by atoms with Crippen molar-refractivity contribution in [3.8, 4) is 0 Å². The highest BCUT2D eigenvalue weighted by atomic mass is 16.6. The van der Waals surface area contributed by atoms with E-state index in [1.807, 2.05) is 5.10 Å². The van der Waals surface area contributed by atoms with E-state index in [1.54, 1.807) is 0 Å². The monoisotopic (exact) mass is 173 g/mol. The van der Waals surface area contributed by atoms with Crippen LogP contribution in [0, 0.1) is 20.2 Å². The van der Waals surface area contributed by atoms with Crippen molar-refractivity contribution in [2.75, 3.05) is 5.73 Å². The molecule has 0 aliphatic heterocycles. The van der Waals surface area contributed by atoms with Gasteiger partial charge in [-0.1, -0.05) is 0 Å². The van der Waals surface area contributed by atoms with Crippen molar-refractivity contribution >= 4 is 17.3 Å². The fourth-order valence-electron chi connectivity index (χ4n) is 0.611. The topological polar surface area (TPSA) is 141 Å². The van der Waals surface area contributed by atoms with E-state index in [2.05, 4.69) is 5.10 Å². The maximum Gasteiger partial charge on any atom is 0.443 e. The van der Waals surface area contributed by atoms with E-state index in [9.17, 15) is 20.2 Å². The maximum atomic E-state index is 10.1. The summed E-state index contributed by atoms with van der Waals surface area (Å²) < 4.78 is 0. The van der Waals surface area contributed by atoms with Gasteiger partial charge in [-0.2, -0.15) is 0 Å². The van der Waals surface area contributed by atoms with Crippen LogP contribution < -0.4 is 5.73 Å². The molecule has 0 amide bonds. The van der Waals surface area contributed by atoms with Crippen molar-refractivity contribution in [1.82, 2.24) is 10.2 Å². The fourth-order valence-corrected chi connectivity index (χ4v) is 0.611. The molecule has 0 spiro atoms. The van der Waals surface area contributed by atoms with Gasteiger partial charge in [0.1, 0.15) is 5.10 Å². The molecule has 0 aliphatic rings. The lowest BCUT2D eigenvalue weighted by Crippen LogP contribution is -1.96. The van der Waals surface area contributed by atoms with Crippen molar-refractivity contribution < 1.29 is 9.85 Å². The van der Waals surface area contributed by atoms with E-state index >= 15 is 0 Å². The molecule has 1 aromatic heterocycles. The van der Waals surface area contributed by atoms with Crippen molar-refractivity contribution in [1.29, 1.82) is 0 Å². The van der Waals surface area contributed by atoms with E-state index in [-0.39, 0.29) is 0 Å². The summed E-state index contributed by atoms with van der Waals surface area (Å²) >= 11 is 0. The second-order valence-electron chi connectivity index (χ2n) is 1.82. The Morgan fingerprint density at radius 2 is 1.92 bits per heavy atom. The first-order chi connectivity index (χ1) is 5.54. The molecule has 3 N–H and O–H groups in total. The minimum Gasteiger partial charge on any atom is -0.385 e. The molecule has 0 radical (unpaired) electrons. The minimum absolute atomic E-state index is 0.565. The van der Waals surface area contributed by atoms with E-state index in [1.165, 1.54) is 0 Å². The molecule has 0 saturated heterocycles. The number of hydrogen-bond donors (Lipinski definition) is 2. The predicted molar refractivity (Wildman–Crippen MR) is 36.3 cm³/mol. The number of H-pyrrole nitrogens is 1. The summed E-state index contributed by atoms with van der Waals surface area (Å²) in [5, 5.41) is 25.1. The van der Waals surface area contributed by atoms with Gasteiger partial charge in [0.15, 0.2) is 0 Å². The zero-order valence-electron chi connectivity index (χ0n) is 5.55. The summed E-state index contributed by atoms with van der Waals surface area (Å²) in [4.78, 5) is 18.4. The normalized spacial score (nSPS) is 9.67. The van der Waals surface area contributed by atoms with E-state index in [0.29, 0.717) is 0 Å². The van der Waals surface area contributed by atoms with Crippen LogP contribution >= 0.6 is 0 Å². The van der Waals surface area contributed by atoms with Crippen LogP contribution in [-0.4, -0.2) is 20.0 Å². The van der Waals surface area contributed by atoms with Crippen molar-refractivity contribution in [3.63, 3.8) is 0 Å². The van der Waals surface area contributed by atoms with Crippen LogP contribution in [0.2, 0.25) is 0 Å². The molecule has 1 aromatic rings. The Morgan fingerprint density at radius 3 is 2.17 bits per heavy atom. The lowest BCUT2D eigenvalue weighted by atomic mass is 10.5. The lowest BCUT2D eigenvalue weighted by molar-refractivity contribution is -0.392. The predicted octanol–water partition coefficient (Wildman–Crippen LogP) is -0.192. The molecule has 64 valence electrons. The van der Waals surface area contributed by atoms with Crippen molar-refractivity contribution in [2.24, 2.45) is 0 Å². The lowest BCUT2D eigenvalue weighted by Gasteiger charge is -1.88. The summed E-state index contributed by atoms with van der Waals surface area (Å²) in [6.07, 6.45) is 0. The second kappa shape index (κ2) is 2.45. The van der Waals surface area contributed by atoms with Crippen LogP contribution in [0.15, 0.2) is 0 Å². The van der Waals surface area contributed by atoms with E-state index in [4.69, 9.17) is 5.73 Å². The number of nitrogen functional groups attached to an aromatic ring is 1. The number of nitrogens with one attached hydrogen (secondary N) is 1. The van der Waals surface area contributed by atoms with Crippen LogP contribution in [-0.2, 0) is 0 Å². The molecule has 12 heavy (non-hydrogen) atoms. The first-order valence-corrected chi connectivity index (χ1v) is 2.66. The van der Waals surface area contributed by atoms with Crippen molar-refractivity contribution in [2.45, 2.75) is 0 Å². The molecule has 0 bridgehead atoms. The molecule has 0 unspecified atom stereocenters.